The number of likely N-dealkylation sites (N-methyl/N-ethyl adjacent to an activating group) is 1. The van der Waals surface area contributed by atoms with E-state index in [4.69, 9.17) is 18.9 Å². The van der Waals surface area contributed by atoms with Gasteiger partial charge in [-0.15, -0.1) is 0 Å². The molecule has 2 aromatic rings. The maximum absolute atomic E-state index is 13.0. The van der Waals surface area contributed by atoms with E-state index >= 15 is 0 Å². The fourth-order valence-electron chi connectivity index (χ4n) is 2.95. The Morgan fingerprint density at radius 3 is 1.93 bits per heavy atom. The van der Waals surface area contributed by atoms with Crippen molar-refractivity contribution in [1.82, 2.24) is 4.90 Å². The first kappa shape index (κ1) is 22.1. The van der Waals surface area contributed by atoms with E-state index in [0.717, 1.165) is 0 Å². The van der Waals surface area contributed by atoms with Crippen LogP contribution in [-0.4, -0.2) is 51.2 Å². The molecule has 0 aliphatic heterocycles. The van der Waals surface area contributed by atoms with Crippen LogP contribution in [-0.2, 0) is 9.53 Å². The number of nitrogens with zero attached hydrogens (tertiary/aromatic N) is 1. The molecule has 0 radical (unpaired) electrons. The highest BCUT2D eigenvalue weighted by Crippen LogP contribution is 2.35. The Kier molecular flexibility index (Phi) is 7.88. The van der Waals surface area contributed by atoms with Crippen molar-refractivity contribution in [3.8, 4) is 17.2 Å². The zero-order chi connectivity index (χ0) is 21.4. The third-order valence-electron chi connectivity index (χ3n) is 4.55. The quantitative estimate of drug-likeness (QED) is 0.599. The summed E-state index contributed by atoms with van der Waals surface area (Å²) in [4.78, 5) is 27.7. The minimum absolute atomic E-state index is 0.137. The van der Waals surface area contributed by atoms with Gasteiger partial charge >= 0.3 is 5.97 Å². The van der Waals surface area contributed by atoms with Gasteiger partial charge in [-0.05, 0) is 13.8 Å². The number of benzene rings is 2. The van der Waals surface area contributed by atoms with Crippen molar-refractivity contribution in [3.05, 3.63) is 53.6 Å². The number of methoxy groups -OCH3 is 3. The lowest BCUT2D eigenvalue weighted by molar-refractivity contribution is -0.140. The number of rotatable bonds is 9. The molecule has 0 N–H and O–H groups in total. The van der Waals surface area contributed by atoms with Crippen molar-refractivity contribution < 1.29 is 28.5 Å². The van der Waals surface area contributed by atoms with Crippen LogP contribution in [0.1, 0.15) is 35.9 Å². The molecule has 1 amide bonds. The minimum Gasteiger partial charge on any atom is -0.496 e. The number of hydrogen-bond donors (Lipinski definition) is 0. The average Bonchev–Trinajstić information content (AvgIpc) is 2.77. The Morgan fingerprint density at radius 2 is 1.41 bits per heavy atom. The molecule has 0 heterocycles. The van der Waals surface area contributed by atoms with Crippen LogP contribution in [0.25, 0.3) is 0 Å². The number of esters is 1. The molecule has 2 rings (SSSR count). The molecule has 0 saturated carbocycles. The van der Waals surface area contributed by atoms with Gasteiger partial charge in [0.15, 0.2) is 11.5 Å². The SMILES string of the molecule is CCN(CC)C(=O)[C@H](OC(=O)c1cc(OC)c(OC)cc1OC)c1ccccc1. The van der Waals surface area contributed by atoms with Gasteiger partial charge in [-0.25, -0.2) is 4.79 Å². The summed E-state index contributed by atoms with van der Waals surface area (Å²) in [6, 6.07) is 12.0. The molecule has 156 valence electrons. The molecule has 0 spiro atoms. The number of amides is 1. The highest BCUT2D eigenvalue weighted by Gasteiger charge is 2.30. The van der Waals surface area contributed by atoms with Crippen LogP contribution in [0.3, 0.4) is 0 Å². The van der Waals surface area contributed by atoms with Crippen LogP contribution in [0, 0.1) is 0 Å². The van der Waals surface area contributed by atoms with E-state index in [1.54, 1.807) is 35.2 Å². The summed E-state index contributed by atoms with van der Waals surface area (Å²) in [6.07, 6.45) is -1.07. The molecule has 7 heteroatoms. The van der Waals surface area contributed by atoms with Crippen LogP contribution in [0.2, 0.25) is 0 Å². The molecule has 0 aliphatic rings. The van der Waals surface area contributed by atoms with Gasteiger partial charge in [0.2, 0.25) is 6.10 Å². The summed E-state index contributed by atoms with van der Waals surface area (Å²) in [5.74, 6) is 0.0483. The van der Waals surface area contributed by atoms with Crippen LogP contribution < -0.4 is 14.2 Å². The van der Waals surface area contributed by atoms with Crippen LogP contribution >= 0.6 is 0 Å². The third-order valence-corrected chi connectivity index (χ3v) is 4.55. The first-order valence-corrected chi connectivity index (χ1v) is 9.35. The molecule has 1 atom stereocenters. The highest BCUT2D eigenvalue weighted by molar-refractivity contribution is 5.96. The van der Waals surface area contributed by atoms with E-state index in [9.17, 15) is 9.59 Å². The van der Waals surface area contributed by atoms with E-state index in [-0.39, 0.29) is 17.2 Å². The first-order valence-electron chi connectivity index (χ1n) is 9.35. The second kappa shape index (κ2) is 10.4. The lowest BCUT2D eigenvalue weighted by atomic mass is 10.1. The Bertz CT molecular complexity index is 833. The van der Waals surface area contributed by atoms with Crippen LogP contribution in [0.4, 0.5) is 0 Å². The molecule has 0 bridgehead atoms. The topological polar surface area (TPSA) is 74.3 Å². The van der Waals surface area contributed by atoms with Crippen LogP contribution in [0.15, 0.2) is 42.5 Å². The number of hydrogen-bond acceptors (Lipinski definition) is 6. The fraction of sp³-hybridized carbons (Fsp3) is 0.364. The molecule has 0 unspecified atom stereocenters. The van der Waals surface area contributed by atoms with Gasteiger partial charge in [0.05, 0.1) is 21.3 Å². The Hall–Kier alpha value is -3.22. The van der Waals surface area contributed by atoms with E-state index in [1.165, 1.54) is 27.4 Å². The van der Waals surface area contributed by atoms with Crippen molar-refractivity contribution in [2.45, 2.75) is 20.0 Å². The van der Waals surface area contributed by atoms with E-state index < -0.39 is 12.1 Å². The summed E-state index contributed by atoms with van der Waals surface area (Å²) in [5, 5.41) is 0. The Morgan fingerprint density at radius 1 is 0.862 bits per heavy atom. The minimum atomic E-state index is -1.07. The van der Waals surface area contributed by atoms with Crippen molar-refractivity contribution >= 4 is 11.9 Å². The van der Waals surface area contributed by atoms with Crippen molar-refractivity contribution in [3.63, 3.8) is 0 Å². The molecular formula is C22H27NO6. The summed E-state index contributed by atoms with van der Waals surface area (Å²) >= 11 is 0. The lowest BCUT2D eigenvalue weighted by Gasteiger charge is -2.25. The third kappa shape index (κ3) is 4.99. The van der Waals surface area contributed by atoms with Crippen molar-refractivity contribution in [2.24, 2.45) is 0 Å². The van der Waals surface area contributed by atoms with Gasteiger partial charge in [0, 0.05) is 30.8 Å². The van der Waals surface area contributed by atoms with E-state index in [1.807, 2.05) is 19.9 Å². The fourth-order valence-corrected chi connectivity index (χ4v) is 2.95. The average molecular weight is 401 g/mol. The van der Waals surface area contributed by atoms with Gasteiger partial charge in [-0.1, -0.05) is 30.3 Å². The maximum atomic E-state index is 13.0. The summed E-state index contributed by atoms with van der Waals surface area (Å²) in [7, 11) is 4.40. The first-order chi connectivity index (χ1) is 14.0. The van der Waals surface area contributed by atoms with Gasteiger partial charge in [-0.3, -0.25) is 4.79 Å². The van der Waals surface area contributed by atoms with E-state index in [2.05, 4.69) is 0 Å². The largest absolute Gasteiger partial charge is 0.496 e. The zero-order valence-electron chi connectivity index (χ0n) is 17.4. The smallest absolute Gasteiger partial charge is 0.343 e. The van der Waals surface area contributed by atoms with E-state index in [0.29, 0.717) is 30.2 Å². The molecular weight excluding hydrogens is 374 g/mol. The maximum Gasteiger partial charge on any atom is 0.343 e. The second-order valence-corrected chi connectivity index (χ2v) is 6.11. The molecule has 0 aromatic heterocycles. The normalized spacial score (nSPS) is 11.3. The highest BCUT2D eigenvalue weighted by atomic mass is 16.6. The van der Waals surface area contributed by atoms with Gasteiger partial charge in [0.25, 0.3) is 5.91 Å². The van der Waals surface area contributed by atoms with Gasteiger partial charge < -0.3 is 23.8 Å². The molecule has 29 heavy (non-hydrogen) atoms. The van der Waals surface area contributed by atoms with Gasteiger partial charge in [0.1, 0.15) is 11.3 Å². The predicted molar refractivity (Wildman–Crippen MR) is 109 cm³/mol. The summed E-state index contributed by atoms with van der Waals surface area (Å²) in [6.45, 7) is 4.77. The molecule has 0 fully saturated rings. The predicted octanol–water partition coefficient (Wildman–Crippen LogP) is 3.48. The zero-order valence-corrected chi connectivity index (χ0v) is 17.4. The molecule has 7 nitrogen and oxygen atoms in total. The number of carbonyl (C=O) groups is 2. The van der Waals surface area contributed by atoms with Gasteiger partial charge in [-0.2, -0.15) is 0 Å². The number of carbonyl (C=O) groups excluding carboxylic acids is 2. The Balaban J connectivity index is 2.43. The van der Waals surface area contributed by atoms with Crippen molar-refractivity contribution in [1.29, 1.82) is 0 Å². The summed E-state index contributed by atoms with van der Waals surface area (Å²) in [5.41, 5.74) is 0.732. The standard InChI is InChI=1S/C22H27NO6/c1-6-23(7-2)21(24)20(15-11-9-8-10-12-15)29-22(25)16-13-18(27-4)19(28-5)14-17(16)26-3/h8-14,20H,6-7H2,1-5H3/t20-/m1/s1. The molecule has 2 aromatic carbocycles. The Labute approximate surface area is 171 Å². The monoisotopic (exact) mass is 401 g/mol. The number of ether oxygens (including phenoxy) is 4. The molecule has 0 aliphatic carbocycles. The lowest BCUT2D eigenvalue weighted by Crippen LogP contribution is -2.36. The summed E-state index contributed by atoms with van der Waals surface area (Å²) < 4.78 is 21.5. The molecule has 0 saturated heterocycles. The van der Waals surface area contributed by atoms with Crippen LogP contribution in [0.5, 0.6) is 17.2 Å². The van der Waals surface area contributed by atoms with Crippen molar-refractivity contribution in [2.75, 3.05) is 34.4 Å². The second-order valence-electron chi connectivity index (χ2n) is 6.11.